The summed E-state index contributed by atoms with van der Waals surface area (Å²) in [6, 6.07) is 3.90. The maximum Gasteiger partial charge on any atom is 0.232 e. The Morgan fingerprint density at radius 3 is 1.93 bits per heavy atom. The van der Waals surface area contributed by atoms with E-state index in [-0.39, 0.29) is 24.8 Å². The number of benzene rings is 1. The molecule has 1 heterocycles. The van der Waals surface area contributed by atoms with Crippen LogP contribution in [-0.4, -0.2) is 69.0 Å². The minimum atomic E-state index is -3.51. The predicted molar refractivity (Wildman–Crippen MR) is 106 cm³/mol. The number of rotatable bonds is 5. The highest BCUT2D eigenvalue weighted by molar-refractivity contribution is 7.92. The zero-order valence-electron chi connectivity index (χ0n) is 16.8. The number of piperazine rings is 1. The lowest BCUT2D eigenvalue weighted by Gasteiger charge is -2.35. The Morgan fingerprint density at radius 2 is 1.48 bits per heavy atom. The molecule has 2 amide bonds. The molecule has 0 radical (unpaired) electrons. The van der Waals surface area contributed by atoms with Gasteiger partial charge in [0.1, 0.15) is 0 Å². The number of aryl methyl sites for hydroxylation is 3. The quantitative estimate of drug-likeness (QED) is 0.756. The van der Waals surface area contributed by atoms with Gasteiger partial charge in [-0.2, -0.15) is 0 Å². The van der Waals surface area contributed by atoms with Crippen molar-refractivity contribution in [1.29, 1.82) is 0 Å². The van der Waals surface area contributed by atoms with Crippen molar-refractivity contribution < 1.29 is 18.0 Å². The molecule has 0 bridgehead atoms. The van der Waals surface area contributed by atoms with Crippen molar-refractivity contribution in [2.24, 2.45) is 0 Å². The van der Waals surface area contributed by atoms with Gasteiger partial charge in [-0.1, -0.05) is 17.7 Å². The van der Waals surface area contributed by atoms with E-state index >= 15 is 0 Å². The Balaban J connectivity index is 2.11. The third kappa shape index (κ3) is 5.22. The van der Waals surface area contributed by atoms with Gasteiger partial charge in [0, 0.05) is 46.1 Å². The average molecular weight is 396 g/mol. The third-order valence-electron chi connectivity index (χ3n) is 4.89. The van der Waals surface area contributed by atoms with E-state index in [9.17, 15) is 18.0 Å². The van der Waals surface area contributed by atoms with Crippen molar-refractivity contribution in [1.82, 2.24) is 9.80 Å². The monoisotopic (exact) mass is 395 g/mol. The summed E-state index contributed by atoms with van der Waals surface area (Å²) in [7, 11) is -3.51. The van der Waals surface area contributed by atoms with E-state index in [1.165, 1.54) is 17.5 Å². The fourth-order valence-electron chi connectivity index (χ4n) is 3.64. The minimum Gasteiger partial charge on any atom is -0.339 e. The van der Waals surface area contributed by atoms with Crippen molar-refractivity contribution in [3.05, 3.63) is 28.8 Å². The van der Waals surface area contributed by atoms with Crippen LogP contribution in [0.4, 0.5) is 5.69 Å². The molecule has 27 heavy (non-hydrogen) atoms. The first-order valence-electron chi connectivity index (χ1n) is 9.09. The number of hydrogen-bond donors (Lipinski definition) is 0. The van der Waals surface area contributed by atoms with E-state index in [1.807, 2.05) is 32.9 Å². The fourth-order valence-corrected chi connectivity index (χ4v) is 4.68. The molecule has 1 aliphatic rings. The van der Waals surface area contributed by atoms with Crippen LogP contribution < -0.4 is 4.31 Å². The summed E-state index contributed by atoms with van der Waals surface area (Å²) >= 11 is 0. The van der Waals surface area contributed by atoms with Crippen LogP contribution in [-0.2, 0) is 19.6 Å². The molecule has 8 heteroatoms. The lowest BCUT2D eigenvalue weighted by Crippen LogP contribution is -2.50. The zero-order chi connectivity index (χ0) is 20.4. The van der Waals surface area contributed by atoms with Gasteiger partial charge in [-0.3, -0.25) is 13.9 Å². The summed E-state index contributed by atoms with van der Waals surface area (Å²) in [5, 5.41) is 0. The summed E-state index contributed by atoms with van der Waals surface area (Å²) in [4.78, 5) is 27.4. The summed E-state index contributed by atoms with van der Waals surface area (Å²) in [6.45, 7) is 9.38. The molecule has 150 valence electrons. The Labute approximate surface area is 162 Å². The van der Waals surface area contributed by atoms with Crippen molar-refractivity contribution in [2.75, 3.05) is 43.3 Å². The second kappa shape index (κ2) is 8.29. The first-order valence-corrected chi connectivity index (χ1v) is 10.9. The van der Waals surface area contributed by atoms with Crippen LogP contribution >= 0.6 is 0 Å². The molecule has 0 spiro atoms. The number of nitrogens with zero attached hydrogens (tertiary/aromatic N) is 3. The highest BCUT2D eigenvalue weighted by Gasteiger charge is 2.26. The predicted octanol–water partition coefficient (Wildman–Crippen LogP) is 1.46. The summed E-state index contributed by atoms with van der Waals surface area (Å²) in [5.41, 5.74) is 3.47. The van der Waals surface area contributed by atoms with Crippen LogP contribution in [0.2, 0.25) is 0 Å². The lowest BCUT2D eigenvalue weighted by molar-refractivity contribution is -0.138. The molecule has 0 aliphatic carbocycles. The van der Waals surface area contributed by atoms with Crippen molar-refractivity contribution in [3.8, 4) is 0 Å². The smallest absolute Gasteiger partial charge is 0.232 e. The molecule has 7 nitrogen and oxygen atoms in total. The Bertz CT molecular complexity index is 804. The van der Waals surface area contributed by atoms with E-state index in [1.54, 1.807) is 9.80 Å². The van der Waals surface area contributed by atoms with Gasteiger partial charge in [-0.15, -0.1) is 0 Å². The standard InChI is InChI=1S/C19H29N3O4S/c1-14-12-15(2)19(16(3)13-14)22(27(5,25)26)7-6-18(24)21-10-8-20(9-11-21)17(4)23/h12-13H,6-11H2,1-5H3. The van der Waals surface area contributed by atoms with Crippen molar-refractivity contribution >= 4 is 27.5 Å². The molecule has 0 unspecified atom stereocenters. The van der Waals surface area contributed by atoms with E-state index in [2.05, 4.69) is 0 Å². The number of amides is 2. The number of anilines is 1. The number of sulfonamides is 1. The highest BCUT2D eigenvalue weighted by Crippen LogP contribution is 2.28. The molecule has 1 saturated heterocycles. The van der Waals surface area contributed by atoms with Gasteiger partial charge in [0.25, 0.3) is 0 Å². The van der Waals surface area contributed by atoms with Crippen LogP contribution in [0.1, 0.15) is 30.0 Å². The largest absolute Gasteiger partial charge is 0.339 e. The van der Waals surface area contributed by atoms with Gasteiger partial charge in [0.15, 0.2) is 0 Å². The fraction of sp³-hybridized carbons (Fsp3) is 0.579. The van der Waals surface area contributed by atoms with E-state index < -0.39 is 10.0 Å². The number of carbonyl (C=O) groups is 2. The zero-order valence-corrected chi connectivity index (χ0v) is 17.6. The minimum absolute atomic E-state index is 0.00988. The Morgan fingerprint density at radius 1 is 1.00 bits per heavy atom. The van der Waals surface area contributed by atoms with Gasteiger partial charge in [0.05, 0.1) is 11.9 Å². The molecule has 0 N–H and O–H groups in total. The average Bonchev–Trinajstić information content (AvgIpc) is 2.55. The van der Waals surface area contributed by atoms with Gasteiger partial charge in [0.2, 0.25) is 21.8 Å². The maximum absolute atomic E-state index is 12.6. The molecule has 0 atom stereocenters. The summed E-state index contributed by atoms with van der Waals surface area (Å²) < 4.78 is 26.1. The van der Waals surface area contributed by atoms with E-state index in [0.717, 1.165) is 16.7 Å². The Hall–Kier alpha value is -2.09. The van der Waals surface area contributed by atoms with Crippen LogP contribution in [0.5, 0.6) is 0 Å². The van der Waals surface area contributed by atoms with E-state index in [4.69, 9.17) is 0 Å². The van der Waals surface area contributed by atoms with Crippen LogP contribution in [0, 0.1) is 20.8 Å². The van der Waals surface area contributed by atoms with Crippen LogP contribution in [0.15, 0.2) is 12.1 Å². The number of hydrogen-bond acceptors (Lipinski definition) is 4. The second-order valence-corrected chi connectivity index (χ2v) is 9.13. The summed E-state index contributed by atoms with van der Waals surface area (Å²) in [6.07, 6.45) is 1.28. The van der Waals surface area contributed by atoms with Gasteiger partial charge in [-0.25, -0.2) is 8.42 Å². The molecule has 2 rings (SSSR count). The first kappa shape index (κ1) is 21.2. The molecular formula is C19H29N3O4S. The molecule has 0 aromatic heterocycles. The van der Waals surface area contributed by atoms with Gasteiger partial charge >= 0.3 is 0 Å². The number of carbonyl (C=O) groups excluding carboxylic acids is 2. The van der Waals surface area contributed by atoms with Crippen molar-refractivity contribution in [3.63, 3.8) is 0 Å². The molecular weight excluding hydrogens is 366 g/mol. The normalized spacial score (nSPS) is 15.0. The molecule has 1 fully saturated rings. The molecule has 0 saturated carbocycles. The maximum atomic E-state index is 12.6. The van der Waals surface area contributed by atoms with Crippen molar-refractivity contribution in [2.45, 2.75) is 34.1 Å². The third-order valence-corrected chi connectivity index (χ3v) is 6.06. The van der Waals surface area contributed by atoms with Crippen LogP contribution in [0.25, 0.3) is 0 Å². The van der Waals surface area contributed by atoms with E-state index in [0.29, 0.717) is 31.9 Å². The summed E-state index contributed by atoms with van der Waals surface area (Å²) in [5.74, 6) is -0.0788. The highest BCUT2D eigenvalue weighted by atomic mass is 32.2. The lowest BCUT2D eigenvalue weighted by atomic mass is 10.0. The topological polar surface area (TPSA) is 78.0 Å². The van der Waals surface area contributed by atoms with Gasteiger partial charge < -0.3 is 9.80 Å². The Kier molecular flexibility index (Phi) is 6.51. The van der Waals surface area contributed by atoms with Crippen LogP contribution in [0.3, 0.4) is 0 Å². The second-order valence-electron chi connectivity index (χ2n) is 7.22. The van der Waals surface area contributed by atoms with Gasteiger partial charge in [-0.05, 0) is 31.9 Å². The molecule has 1 aliphatic heterocycles. The first-order chi connectivity index (χ1) is 12.5. The molecule has 1 aromatic rings. The molecule has 1 aromatic carbocycles. The SMILES string of the molecule is CC(=O)N1CCN(C(=O)CCN(c2c(C)cc(C)cc2C)S(C)(=O)=O)CC1.